The van der Waals surface area contributed by atoms with Gasteiger partial charge in [-0.25, -0.2) is 5.09 Å². The first-order valence-corrected chi connectivity index (χ1v) is 12.2. The number of hydrogen-bond donors (Lipinski definition) is 1. The molecule has 150 valence electrons. The van der Waals surface area contributed by atoms with E-state index in [2.05, 4.69) is 15.2 Å². The first-order valence-electron chi connectivity index (χ1n) is 8.60. The molecule has 0 aliphatic rings. The molecule has 0 radical (unpaired) electrons. The third-order valence-corrected chi connectivity index (χ3v) is 8.14. The highest BCUT2D eigenvalue weighted by atomic mass is 35.5. The number of benzene rings is 1. The Balaban J connectivity index is 1.93. The van der Waals surface area contributed by atoms with Gasteiger partial charge in [0, 0.05) is 11.1 Å². The summed E-state index contributed by atoms with van der Waals surface area (Å²) in [5.41, 5.74) is 1.89. The van der Waals surface area contributed by atoms with Crippen molar-refractivity contribution >= 4 is 29.7 Å². The largest absolute Gasteiger partial charge is 0.485 e. The van der Waals surface area contributed by atoms with Crippen molar-refractivity contribution in [3.05, 3.63) is 40.0 Å². The summed E-state index contributed by atoms with van der Waals surface area (Å²) in [4.78, 5) is 4.28. The predicted molar refractivity (Wildman–Crippen MR) is 108 cm³/mol. The molecule has 0 amide bonds. The van der Waals surface area contributed by atoms with Crippen LogP contribution in [0.1, 0.15) is 43.6 Å². The van der Waals surface area contributed by atoms with Gasteiger partial charge < -0.3 is 13.8 Å². The first-order chi connectivity index (χ1) is 12.7. The summed E-state index contributed by atoms with van der Waals surface area (Å²) in [5, 5.41) is 7.60. The minimum Gasteiger partial charge on any atom is -0.485 e. The Hall–Kier alpha value is -1.05. The molecule has 0 fully saturated rings. The molecular weight excluding hydrogens is 409 g/mol. The molecular formula is C17H25ClN3O4PS. The van der Waals surface area contributed by atoms with Crippen LogP contribution in [0, 0.1) is 13.8 Å². The number of nitrogens with one attached hydrogen (secondary N) is 1. The van der Waals surface area contributed by atoms with Crippen LogP contribution < -0.4 is 9.82 Å². The monoisotopic (exact) mass is 433 g/mol. The van der Waals surface area contributed by atoms with Crippen molar-refractivity contribution in [3.63, 3.8) is 0 Å². The summed E-state index contributed by atoms with van der Waals surface area (Å²) >= 11 is 7.29. The van der Waals surface area contributed by atoms with Crippen molar-refractivity contribution in [2.45, 2.75) is 53.0 Å². The topological polar surface area (TPSA) is 86.5 Å². The lowest BCUT2D eigenvalue weighted by molar-refractivity contribution is 0.285. The Morgan fingerprint density at radius 1 is 1.33 bits per heavy atom. The second-order valence-corrected chi connectivity index (χ2v) is 10.9. The Bertz CT molecular complexity index is 792. The van der Waals surface area contributed by atoms with Gasteiger partial charge in [-0.05, 0) is 69.3 Å². The van der Waals surface area contributed by atoms with E-state index in [1.165, 1.54) is 0 Å². The fourth-order valence-corrected chi connectivity index (χ4v) is 6.22. The number of aryl methyl sites for hydroxylation is 2. The van der Waals surface area contributed by atoms with Crippen LogP contribution in [-0.4, -0.2) is 22.8 Å². The highest BCUT2D eigenvalue weighted by Gasteiger charge is 2.25. The molecule has 0 aliphatic heterocycles. The first kappa shape index (κ1) is 22.2. The summed E-state index contributed by atoms with van der Waals surface area (Å²) in [6.45, 7) is 6.98. The molecule has 0 unspecified atom stereocenters. The van der Waals surface area contributed by atoms with E-state index in [1.54, 1.807) is 6.92 Å². The predicted octanol–water partition coefficient (Wildman–Crippen LogP) is 5.29. The Morgan fingerprint density at radius 3 is 2.59 bits per heavy atom. The van der Waals surface area contributed by atoms with Gasteiger partial charge in [-0.15, -0.1) is 0 Å². The summed E-state index contributed by atoms with van der Waals surface area (Å²) in [6.07, 6.45) is 0. The van der Waals surface area contributed by atoms with Crippen molar-refractivity contribution in [3.8, 4) is 5.75 Å². The molecule has 1 heterocycles. The molecule has 7 nitrogen and oxygen atoms in total. The molecule has 0 aliphatic carbocycles. The van der Waals surface area contributed by atoms with Gasteiger partial charge in [-0.2, -0.15) is 4.98 Å². The maximum Gasteiger partial charge on any atom is 0.327 e. The maximum absolute atomic E-state index is 12.7. The number of hydrogen-bond acceptors (Lipinski definition) is 7. The average molecular weight is 434 g/mol. The zero-order valence-electron chi connectivity index (χ0n) is 16.1. The Morgan fingerprint density at radius 2 is 2.00 bits per heavy atom. The quantitative estimate of drug-likeness (QED) is 0.505. The van der Waals surface area contributed by atoms with E-state index in [4.69, 9.17) is 25.4 Å². The van der Waals surface area contributed by atoms with Crippen LogP contribution in [-0.2, 0) is 21.4 Å². The van der Waals surface area contributed by atoms with Gasteiger partial charge in [0.15, 0.2) is 6.61 Å². The lowest BCUT2D eigenvalue weighted by atomic mass is 10.1. The third kappa shape index (κ3) is 6.80. The number of halogens is 1. The SMILES string of the molecule is CCO[P@@](=O)(NC(C)C)SCc1nc(COc2cc(C)c(Cl)c(C)c2)no1. The normalized spacial score (nSPS) is 13.7. The molecule has 1 atom stereocenters. The number of nitrogens with zero attached hydrogens (tertiary/aromatic N) is 2. The average Bonchev–Trinajstić information content (AvgIpc) is 3.03. The van der Waals surface area contributed by atoms with Crippen LogP contribution >= 0.6 is 29.7 Å². The van der Waals surface area contributed by atoms with Crippen LogP contribution in [0.2, 0.25) is 5.02 Å². The fourth-order valence-electron chi connectivity index (χ4n) is 2.28. The van der Waals surface area contributed by atoms with Gasteiger partial charge in [0.25, 0.3) is 0 Å². The second kappa shape index (κ2) is 9.94. The van der Waals surface area contributed by atoms with E-state index in [9.17, 15) is 4.57 Å². The van der Waals surface area contributed by atoms with Crippen molar-refractivity contribution in [1.82, 2.24) is 15.2 Å². The molecule has 1 aromatic carbocycles. The maximum atomic E-state index is 12.7. The summed E-state index contributed by atoms with van der Waals surface area (Å²) in [7, 11) is 0. The summed E-state index contributed by atoms with van der Waals surface area (Å²) in [5.74, 6) is 1.76. The van der Waals surface area contributed by atoms with E-state index in [1.807, 2.05) is 39.8 Å². The minimum atomic E-state index is -3.02. The number of rotatable bonds is 10. The van der Waals surface area contributed by atoms with E-state index in [0.717, 1.165) is 27.5 Å². The molecule has 0 saturated carbocycles. The van der Waals surface area contributed by atoms with E-state index >= 15 is 0 Å². The molecule has 0 bridgehead atoms. The second-order valence-electron chi connectivity index (χ2n) is 6.24. The van der Waals surface area contributed by atoms with Crippen LogP contribution in [0.15, 0.2) is 16.7 Å². The molecule has 1 N–H and O–H groups in total. The van der Waals surface area contributed by atoms with Gasteiger partial charge in [0.1, 0.15) is 5.75 Å². The molecule has 27 heavy (non-hydrogen) atoms. The number of ether oxygens (including phenoxy) is 1. The Kier molecular flexibility index (Phi) is 8.19. The molecule has 2 aromatic rings. The molecule has 0 spiro atoms. The van der Waals surface area contributed by atoms with Gasteiger partial charge in [0.2, 0.25) is 11.7 Å². The highest BCUT2D eigenvalue weighted by Crippen LogP contribution is 2.57. The smallest absolute Gasteiger partial charge is 0.327 e. The fraction of sp³-hybridized carbons (Fsp3) is 0.529. The third-order valence-electron chi connectivity index (χ3n) is 3.36. The van der Waals surface area contributed by atoms with Crippen molar-refractivity contribution in [2.24, 2.45) is 0 Å². The van der Waals surface area contributed by atoms with Gasteiger partial charge in [-0.1, -0.05) is 16.8 Å². The lowest BCUT2D eigenvalue weighted by Crippen LogP contribution is -2.19. The molecule has 2 rings (SSSR count). The van der Waals surface area contributed by atoms with Crippen LogP contribution in [0.5, 0.6) is 5.75 Å². The summed E-state index contributed by atoms with van der Waals surface area (Å²) < 4.78 is 29.0. The Labute approximate surface area is 168 Å². The van der Waals surface area contributed by atoms with Gasteiger partial charge in [0.05, 0.1) is 12.4 Å². The van der Waals surface area contributed by atoms with E-state index in [0.29, 0.717) is 24.1 Å². The van der Waals surface area contributed by atoms with Gasteiger partial charge in [-0.3, -0.25) is 4.57 Å². The molecule has 10 heteroatoms. The van der Waals surface area contributed by atoms with Crippen molar-refractivity contribution in [2.75, 3.05) is 6.61 Å². The van der Waals surface area contributed by atoms with Gasteiger partial charge >= 0.3 is 6.72 Å². The van der Waals surface area contributed by atoms with E-state index in [-0.39, 0.29) is 18.4 Å². The molecule has 1 aromatic heterocycles. The van der Waals surface area contributed by atoms with Crippen molar-refractivity contribution < 1.29 is 18.3 Å². The zero-order chi connectivity index (χ0) is 20.0. The van der Waals surface area contributed by atoms with Crippen LogP contribution in [0.4, 0.5) is 0 Å². The van der Waals surface area contributed by atoms with Crippen molar-refractivity contribution in [1.29, 1.82) is 0 Å². The van der Waals surface area contributed by atoms with E-state index < -0.39 is 6.72 Å². The summed E-state index contributed by atoms with van der Waals surface area (Å²) in [6, 6.07) is 3.76. The standard InChI is InChI=1S/C17H25ClN3O4PS/c1-6-24-26(22,21-11(2)3)27-10-16-19-15(20-25-16)9-23-14-7-12(4)17(18)13(5)8-14/h7-8,11H,6,9-10H2,1-5H3,(H,21,22)/t26-/m0/s1. The highest BCUT2D eigenvalue weighted by molar-refractivity contribution is 8.55. The minimum absolute atomic E-state index is 0.0350. The zero-order valence-corrected chi connectivity index (χ0v) is 18.6. The number of aromatic nitrogens is 2. The lowest BCUT2D eigenvalue weighted by Gasteiger charge is -2.19. The van der Waals surface area contributed by atoms with Crippen LogP contribution in [0.25, 0.3) is 0 Å². The van der Waals surface area contributed by atoms with Crippen LogP contribution in [0.3, 0.4) is 0 Å². The molecule has 0 saturated heterocycles.